The van der Waals surface area contributed by atoms with Gasteiger partial charge in [0.15, 0.2) is 11.6 Å². The normalized spacial score (nSPS) is 14.6. The zero-order valence-electron chi connectivity index (χ0n) is 8.74. The number of hydrogen-bond donors (Lipinski definition) is 3. The molecule has 3 N–H and O–H groups in total. The van der Waals surface area contributed by atoms with Crippen LogP contribution in [0.25, 0.3) is 0 Å². The van der Waals surface area contributed by atoms with E-state index in [1.54, 1.807) is 0 Å². The number of benzene rings is 1. The van der Waals surface area contributed by atoms with Crippen LogP contribution in [0, 0.1) is 0 Å². The first-order chi connectivity index (χ1) is 7.86. The number of fused-ring (bicyclic) bond motifs is 1. The minimum absolute atomic E-state index is 0.0118. The lowest BCUT2D eigenvalue weighted by atomic mass is 9.89. The molecule has 0 spiro atoms. The lowest BCUT2D eigenvalue weighted by molar-refractivity contribution is 0.0980. The number of phenols is 1. The average molecular weight is 270 g/mol. The highest BCUT2D eigenvalue weighted by atomic mass is 35.5. The number of thiol groups is 1. The van der Waals surface area contributed by atoms with Crippen LogP contribution in [0.1, 0.15) is 27.6 Å². The van der Waals surface area contributed by atoms with Crippen molar-refractivity contribution >= 4 is 41.5 Å². The van der Waals surface area contributed by atoms with Gasteiger partial charge in [0.25, 0.3) is 0 Å². The lowest BCUT2D eigenvalue weighted by Crippen LogP contribution is -2.17. The summed E-state index contributed by atoms with van der Waals surface area (Å²) in [5, 5.41) is 9.61. The molecule has 1 aromatic carbocycles. The van der Waals surface area contributed by atoms with Crippen molar-refractivity contribution in [3.05, 3.63) is 27.8 Å². The third-order valence-corrected chi connectivity index (χ3v) is 3.45. The summed E-state index contributed by atoms with van der Waals surface area (Å²) < 4.78 is 0. The fourth-order valence-corrected chi connectivity index (χ4v) is 2.29. The fraction of sp³-hybridized carbons (Fsp3) is 0.0909. The summed E-state index contributed by atoms with van der Waals surface area (Å²) in [6, 6.07) is 0. The topological polar surface area (TPSA) is 80.4 Å². The van der Waals surface area contributed by atoms with Crippen LogP contribution in [0.15, 0.2) is 16.5 Å². The van der Waals surface area contributed by atoms with Crippen molar-refractivity contribution in [2.75, 3.05) is 5.73 Å². The van der Waals surface area contributed by atoms with E-state index in [1.807, 2.05) is 0 Å². The second-order valence-corrected chi connectivity index (χ2v) is 4.52. The van der Waals surface area contributed by atoms with Gasteiger partial charge in [-0.1, -0.05) is 11.6 Å². The maximum atomic E-state index is 11.9. The Morgan fingerprint density at radius 3 is 2.53 bits per heavy atom. The van der Waals surface area contributed by atoms with Gasteiger partial charge in [-0.25, -0.2) is 0 Å². The Kier molecular flexibility index (Phi) is 2.67. The van der Waals surface area contributed by atoms with Crippen molar-refractivity contribution in [1.82, 2.24) is 0 Å². The summed E-state index contributed by atoms with van der Waals surface area (Å²) in [5.41, 5.74) is 5.75. The molecule has 0 aromatic heterocycles. The number of halogens is 1. The molecular formula is C11H8ClNO3S. The number of hydrogen-bond acceptors (Lipinski definition) is 5. The zero-order chi connectivity index (χ0) is 12.9. The van der Waals surface area contributed by atoms with Gasteiger partial charge in [-0.15, -0.1) is 12.6 Å². The highest BCUT2D eigenvalue weighted by Gasteiger charge is 2.31. The van der Waals surface area contributed by atoms with Gasteiger partial charge in [-0.05, 0) is 13.0 Å². The number of carbonyl (C=O) groups is 2. The Bertz CT molecular complexity index is 607. The minimum Gasteiger partial charge on any atom is -0.505 e. The predicted octanol–water partition coefficient (Wildman–Crippen LogP) is 2.24. The number of nitrogens with two attached hydrogens (primary N) is 1. The van der Waals surface area contributed by atoms with Crippen LogP contribution in [0.2, 0.25) is 5.02 Å². The molecule has 0 saturated heterocycles. The first kappa shape index (κ1) is 12.0. The highest BCUT2D eigenvalue weighted by molar-refractivity contribution is 7.80. The van der Waals surface area contributed by atoms with Gasteiger partial charge < -0.3 is 10.8 Å². The number of nitrogen functional groups attached to an aromatic ring is 1. The van der Waals surface area contributed by atoms with E-state index in [1.165, 1.54) is 6.92 Å². The Morgan fingerprint density at radius 2 is 1.94 bits per heavy atom. The summed E-state index contributed by atoms with van der Waals surface area (Å²) in [6.07, 6.45) is 1.16. The summed E-state index contributed by atoms with van der Waals surface area (Å²) in [7, 11) is 0. The molecule has 6 heteroatoms. The van der Waals surface area contributed by atoms with E-state index in [4.69, 9.17) is 17.3 Å². The molecule has 2 rings (SSSR count). The Labute approximate surface area is 107 Å². The molecule has 1 aromatic rings. The second kappa shape index (κ2) is 3.78. The van der Waals surface area contributed by atoms with E-state index in [2.05, 4.69) is 12.6 Å². The van der Waals surface area contributed by atoms with Crippen LogP contribution in [-0.2, 0) is 0 Å². The number of Topliss-reactive ketones (excluding diaryl/α,β-unsaturated/α-hetero) is 1. The van der Waals surface area contributed by atoms with Gasteiger partial charge >= 0.3 is 0 Å². The summed E-state index contributed by atoms with van der Waals surface area (Å²) in [6.45, 7) is 1.51. The maximum absolute atomic E-state index is 11.9. The molecule has 0 aliphatic heterocycles. The lowest BCUT2D eigenvalue weighted by Gasteiger charge is -2.18. The van der Waals surface area contributed by atoms with Crippen molar-refractivity contribution in [3.8, 4) is 5.75 Å². The number of anilines is 1. The molecule has 0 heterocycles. The van der Waals surface area contributed by atoms with Gasteiger partial charge in [0.1, 0.15) is 10.8 Å². The van der Waals surface area contributed by atoms with Crippen molar-refractivity contribution < 1.29 is 14.7 Å². The highest BCUT2D eigenvalue weighted by Crippen LogP contribution is 2.43. The predicted molar refractivity (Wildman–Crippen MR) is 67.2 cm³/mol. The van der Waals surface area contributed by atoms with Crippen LogP contribution in [-0.4, -0.2) is 16.7 Å². The van der Waals surface area contributed by atoms with Crippen molar-refractivity contribution in [2.24, 2.45) is 0 Å². The first-order valence-corrected chi connectivity index (χ1v) is 5.49. The molecule has 0 bridgehead atoms. The SMILES string of the molecule is CC1=CC(=O)c2c(O)c(Cl)c(N)c(S)c2C1=O. The first-order valence-electron chi connectivity index (χ1n) is 4.66. The largest absolute Gasteiger partial charge is 0.505 e. The molecule has 1 aliphatic carbocycles. The van der Waals surface area contributed by atoms with E-state index in [9.17, 15) is 14.7 Å². The quantitative estimate of drug-likeness (QED) is 0.498. The summed E-state index contributed by atoms with van der Waals surface area (Å²) in [4.78, 5) is 23.8. The van der Waals surface area contributed by atoms with E-state index in [0.717, 1.165) is 6.08 Å². The Hall–Kier alpha value is -1.46. The number of rotatable bonds is 0. The molecule has 4 nitrogen and oxygen atoms in total. The molecule has 17 heavy (non-hydrogen) atoms. The third-order valence-electron chi connectivity index (χ3n) is 2.60. The van der Waals surface area contributed by atoms with Crippen molar-refractivity contribution in [3.63, 3.8) is 0 Å². The number of allylic oxidation sites excluding steroid dienone is 2. The molecular weight excluding hydrogens is 262 g/mol. The minimum atomic E-state index is -0.480. The molecule has 88 valence electrons. The van der Waals surface area contributed by atoms with Crippen LogP contribution in [0.3, 0.4) is 0 Å². The third kappa shape index (κ3) is 1.54. The molecule has 1 aliphatic rings. The van der Waals surface area contributed by atoms with E-state index in [-0.39, 0.29) is 38.1 Å². The monoisotopic (exact) mass is 269 g/mol. The molecule has 0 radical (unpaired) electrons. The van der Waals surface area contributed by atoms with Crippen molar-refractivity contribution in [2.45, 2.75) is 11.8 Å². The molecule has 0 saturated carbocycles. The molecule has 0 amide bonds. The van der Waals surface area contributed by atoms with Crippen LogP contribution < -0.4 is 5.73 Å². The van der Waals surface area contributed by atoms with Crippen LogP contribution in [0.5, 0.6) is 5.75 Å². The number of ketones is 2. The van der Waals surface area contributed by atoms with Crippen LogP contribution >= 0.6 is 24.2 Å². The van der Waals surface area contributed by atoms with Gasteiger partial charge in [0, 0.05) is 10.5 Å². The Morgan fingerprint density at radius 1 is 1.35 bits per heavy atom. The fourth-order valence-electron chi connectivity index (χ4n) is 1.71. The second-order valence-electron chi connectivity index (χ2n) is 3.70. The summed E-state index contributed by atoms with van der Waals surface area (Å²) >= 11 is 9.85. The van der Waals surface area contributed by atoms with E-state index >= 15 is 0 Å². The standard InChI is InChI=1S/C11H8ClNO3S/c1-3-2-4(14)5-6(9(3)15)11(17)8(13)7(12)10(5)16/h2,16-17H,13H2,1H3. The number of carbonyl (C=O) groups excluding carboxylic acids is 2. The molecule has 0 atom stereocenters. The van der Waals surface area contributed by atoms with Crippen LogP contribution in [0.4, 0.5) is 5.69 Å². The number of phenolic OH excluding ortho intramolecular Hbond substituents is 1. The maximum Gasteiger partial charge on any atom is 0.190 e. The molecule has 0 fully saturated rings. The average Bonchev–Trinajstić information content (AvgIpc) is 2.28. The smallest absolute Gasteiger partial charge is 0.190 e. The van der Waals surface area contributed by atoms with Gasteiger partial charge in [0.05, 0.1) is 16.8 Å². The van der Waals surface area contributed by atoms with E-state index < -0.39 is 11.5 Å². The zero-order valence-corrected chi connectivity index (χ0v) is 10.4. The molecule has 0 unspecified atom stereocenters. The van der Waals surface area contributed by atoms with Gasteiger partial charge in [-0.3, -0.25) is 9.59 Å². The van der Waals surface area contributed by atoms with Gasteiger partial charge in [-0.2, -0.15) is 0 Å². The summed E-state index contributed by atoms with van der Waals surface area (Å²) in [5.74, 6) is -1.34. The number of aromatic hydroxyl groups is 1. The van der Waals surface area contributed by atoms with Crippen molar-refractivity contribution in [1.29, 1.82) is 0 Å². The van der Waals surface area contributed by atoms with E-state index in [0.29, 0.717) is 0 Å². The Balaban J connectivity index is 2.93. The van der Waals surface area contributed by atoms with Gasteiger partial charge in [0.2, 0.25) is 0 Å².